The third-order valence-electron chi connectivity index (χ3n) is 3.59. The molecule has 24 heavy (non-hydrogen) atoms. The van der Waals surface area contributed by atoms with E-state index >= 15 is 0 Å². The molecule has 2 atom stereocenters. The van der Waals surface area contributed by atoms with E-state index in [4.69, 9.17) is 10.5 Å². The van der Waals surface area contributed by atoms with Crippen molar-refractivity contribution < 1.29 is 32.6 Å². The van der Waals surface area contributed by atoms with Gasteiger partial charge in [-0.15, -0.1) is 11.3 Å². The van der Waals surface area contributed by atoms with Crippen LogP contribution in [0.5, 0.6) is 0 Å². The van der Waals surface area contributed by atoms with Crippen LogP contribution in [0, 0.1) is 6.92 Å². The Hall–Kier alpha value is -1.72. The second kappa shape index (κ2) is 6.65. The van der Waals surface area contributed by atoms with Gasteiger partial charge in [0.15, 0.2) is 6.10 Å². The predicted molar refractivity (Wildman–Crippen MR) is 76.9 cm³/mol. The highest BCUT2D eigenvalue weighted by Crippen LogP contribution is 2.43. The summed E-state index contributed by atoms with van der Waals surface area (Å²) in [6, 6.07) is 0. The fourth-order valence-corrected chi connectivity index (χ4v) is 3.13. The number of aryl methyl sites for hydroxylation is 1. The van der Waals surface area contributed by atoms with Gasteiger partial charge in [-0.3, -0.25) is 9.59 Å². The number of nitrogens with two attached hydrogens (primary N) is 1. The highest BCUT2D eigenvalue weighted by atomic mass is 32.1. The Morgan fingerprint density at radius 1 is 1.54 bits per heavy atom. The normalized spacial score (nSPS) is 21.4. The number of aliphatic hydroxyl groups is 1. The first-order chi connectivity index (χ1) is 11.0. The van der Waals surface area contributed by atoms with E-state index in [0.717, 1.165) is 4.90 Å². The van der Waals surface area contributed by atoms with Crippen LogP contribution in [0.15, 0.2) is 5.38 Å². The summed E-state index contributed by atoms with van der Waals surface area (Å²) in [6.45, 7) is 1.21. The first-order valence-corrected chi connectivity index (χ1v) is 7.83. The summed E-state index contributed by atoms with van der Waals surface area (Å²) in [5.41, 5.74) is 2.01. The smallest absolute Gasteiger partial charge is 0.374 e. The predicted octanol–water partition coefficient (Wildman–Crippen LogP) is 0.304. The van der Waals surface area contributed by atoms with Crippen molar-refractivity contribution in [3.8, 4) is 0 Å². The van der Waals surface area contributed by atoms with Crippen molar-refractivity contribution >= 4 is 23.2 Å². The van der Waals surface area contributed by atoms with E-state index in [1.54, 1.807) is 0 Å². The average molecular weight is 367 g/mol. The zero-order chi connectivity index (χ0) is 18.1. The summed E-state index contributed by atoms with van der Waals surface area (Å²) in [5.74, 6) is -1.77. The molecule has 1 aromatic heterocycles. The van der Waals surface area contributed by atoms with Gasteiger partial charge >= 0.3 is 6.18 Å². The number of ether oxygens (including phenoxy) is 1. The molecule has 0 radical (unpaired) electrons. The minimum atomic E-state index is -5.08. The van der Waals surface area contributed by atoms with Crippen molar-refractivity contribution in [2.75, 3.05) is 19.7 Å². The number of rotatable bonds is 4. The minimum absolute atomic E-state index is 0.00739. The van der Waals surface area contributed by atoms with E-state index in [1.807, 2.05) is 0 Å². The number of morpholine rings is 1. The van der Waals surface area contributed by atoms with Crippen LogP contribution in [0.3, 0.4) is 0 Å². The van der Waals surface area contributed by atoms with Crippen molar-refractivity contribution in [1.29, 1.82) is 0 Å². The quantitative estimate of drug-likeness (QED) is 0.797. The maximum absolute atomic E-state index is 13.4. The molecule has 3 N–H and O–H groups in total. The van der Waals surface area contributed by atoms with Crippen molar-refractivity contribution in [3.05, 3.63) is 16.1 Å². The molecule has 0 spiro atoms. The van der Waals surface area contributed by atoms with Gasteiger partial charge < -0.3 is 20.5 Å². The number of carbonyl (C=O) groups is 2. The van der Waals surface area contributed by atoms with Gasteiger partial charge in [0.05, 0.1) is 19.6 Å². The number of thiazole rings is 1. The Kier molecular flexibility index (Phi) is 5.16. The molecule has 1 saturated heterocycles. The van der Waals surface area contributed by atoms with Crippen LogP contribution in [-0.4, -0.2) is 58.8 Å². The zero-order valence-electron chi connectivity index (χ0n) is 12.7. The number of carbonyl (C=O) groups excluding carboxylic acids is 2. The van der Waals surface area contributed by atoms with Crippen LogP contribution in [0.4, 0.5) is 13.2 Å². The zero-order valence-corrected chi connectivity index (χ0v) is 13.5. The summed E-state index contributed by atoms with van der Waals surface area (Å²) in [4.78, 5) is 28.1. The molecule has 134 valence electrons. The summed E-state index contributed by atoms with van der Waals surface area (Å²) in [5, 5.41) is 10.9. The average Bonchev–Trinajstić information content (AvgIpc) is 2.93. The van der Waals surface area contributed by atoms with Gasteiger partial charge in [-0.2, -0.15) is 13.2 Å². The SMILES string of the molecule is Cc1csc(C(O)(CC(=O)N2CCOC(C(N)=O)C2)C(F)(F)F)n1. The van der Waals surface area contributed by atoms with Gasteiger partial charge in [0.1, 0.15) is 5.01 Å². The Morgan fingerprint density at radius 2 is 2.21 bits per heavy atom. The van der Waals surface area contributed by atoms with E-state index in [9.17, 15) is 27.9 Å². The van der Waals surface area contributed by atoms with E-state index in [2.05, 4.69) is 4.98 Å². The lowest BCUT2D eigenvalue weighted by Crippen LogP contribution is -2.53. The Morgan fingerprint density at radius 3 is 2.71 bits per heavy atom. The summed E-state index contributed by atoms with van der Waals surface area (Å²) in [7, 11) is 0. The largest absolute Gasteiger partial charge is 0.424 e. The monoisotopic (exact) mass is 367 g/mol. The van der Waals surface area contributed by atoms with Crippen molar-refractivity contribution in [2.45, 2.75) is 31.2 Å². The topological polar surface area (TPSA) is 106 Å². The molecule has 0 saturated carbocycles. The van der Waals surface area contributed by atoms with Crippen LogP contribution >= 0.6 is 11.3 Å². The molecule has 2 heterocycles. The van der Waals surface area contributed by atoms with Gasteiger partial charge in [-0.05, 0) is 6.92 Å². The molecule has 0 aliphatic carbocycles. The molecule has 2 unspecified atom stereocenters. The Bertz CT molecular complexity index is 636. The second-order valence-corrected chi connectivity index (χ2v) is 6.29. The van der Waals surface area contributed by atoms with Crippen LogP contribution in [-0.2, 0) is 19.9 Å². The van der Waals surface area contributed by atoms with E-state index in [0.29, 0.717) is 17.0 Å². The molecule has 1 fully saturated rings. The third kappa shape index (κ3) is 3.68. The summed E-state index contributed by atoms with van der Waals surface area (Å²) < 4.78 is 45.2. The molecule has 0 bridgehead atoms. The molecule has 1 aliphatic rings. The maximum atomic E-state index is 13.4. The number of alkyl halides is 3. The van der Waals surface area contributed by atoms with Crippen LogP contribution in [0.25, 0.3) is 0 Å². The number of halogens is 3. The number of amides is 2. The van der Waals surface area contributed by atoms with E-state index in [1.165, 1.54) is 12.3 Å². The standard InChI is InChI=1S/C13H16F3N3O4S/c1-7-6-24-11(18-7)12(22,13(14,15)16)4-9(20)19-2-3-23-8(5-19)10(17)21/h6,8,22H,2-5H2,1H3,(H2,17,21). The highest BCUT2D eigenvalue weighted by Gasteiger charge is 2.58. The molecule has 1 aromatic rings. The maximum Gasteiger partial charge on any atom is 0.424 e. The molecular weight excluding hydrogens is 351 g/mol. The number of primary amides is 1. The van der Waals surface area contributed by atoms with Gasteiger partial charge in [0, 0.05) is 17.6 Å². The van der Waals surface area contributed by atoms with Crippen LogP contribution in [0.1, 0.15) is 17.1 Å². The lowest BCUT2D eigenvalue weighted by Gasteiger charge is -2.34. The number of nitrogens with zero attached hydrogens (tertiary/aromatic N) is 2. The van der Waals surface area contributed by atoms with Crippen LogP contribution in [0.2, 0.25) is 0 Å². The van der Waals surface area contributed by atoms with Gasteiger partial charge in [0.2, 0.25) is 17.4 Å². The van der Waals surface area contributed by atoms with Gasteiger partial charge in [-0.1, -0.05) is 0 Å². The van der Waals surface area contributed by atoms with E-state index in [-0.39, 0.29) is 19.7 Å². The lowest BCUT2D eigenvalue weighted by atomic mass is 9.98. The van der Waals surface area contributed by atoms with Crippen LogP contribution < -0.4 is 5.73 Å². The highest BCUT2D eigenvalue weighted by molar-refractivity contribution is 7.09. The molecule has 0 aromatic carbocycles. The minimum Gasteiger partial charge on any atom is -0.374 e. The Balaban J connectivity index is 2.21. The first kappa shape index (κ1) is 18.6. The van der Waals surface area contributed by atoms with Crippen molar-refractivity contribution in [2.24, 2.45) is 5.73 Å². The first-order valence-electron chi connectivity index (χ1n) is 6.95. The number of hydrogen-bond acceptors (Lipinski definition) is 6. The Labute approximate surface area is 139 Å². The van der Waals surface area contributed by atoms with E-state index < -0.39 is 41.1 Å². The van der Waals surface area contributed by atoms with Crippen molar-refractivity contribution in [1.82, 2.24) is 9.88 Å². The molecule has 1 aliphatic heterocycles. The third-order valence-corrected chi connectivity index (χ3v) is 4.70. The number of aromatic nitrogens is 1. The molecular formula is C13H16F3N3O4S. The van der Waals surface area contributed by atoms with Gasteiger partial charge in [0.25, 0.3) is 0 Å². The summed E-state index contributed by atoms with van der Waals surface area (Å²) in [6.07, 6.45) is -7.39. The van der Waals surface area contributed by atoms with Gasteiger partial charge in [-0.25, -0.2) is 4.98 Å². The van der Waals surface area contributed by atoms with Crippen molar-refractivity contribution in [3.63, 3.8) is 0 Å². The number of hydrogen-bond donors (Lipinski definition) is 2. The lowest BCUT2D eigenvalue weighted by molar-refractivity contribution is -0.268. The molecule has 11 heteroatoms. The second-order valence-electron chi connectivity index (χ2n) is 5.43. The summed E-state index contributed by atoms with van der Waals surface area (Å²) >= 11 is 0.627. The fourth-order valence-electron chi connectivity index (χ4n) is 2.22. The molecule has 7 nitrogen and oxygen atoms in total. The molecule has 2 amide bonds. The molecule has 2 rings (SSSR count). The fraction of sp³-hybridized carbons (Fsp3) is 0.615.